The molecule has 0 radical (unpaired) electrons. The molecule has 2 heterocycles. The molecule has 2 unspecified atom stereocenters. The van der Waals surface area contributed by atoms with E-state index in [0.717, 1.165) is 25.3 Å². The average molecular weight is 346 g/mol. The highest BCUT2D eigenvalue weighted by molar-refractivity contribution is 7.90. The molecule has 2 rings (SSSR count). The van der Waals surface area contributed by atoms with Crippen molar-refractivity contribution in [3.8, 4) is 0 Å². The van der Waals surface area contributed by atoms with E-state index in [0.29, 0.717) is 17.1 Å². The van der Waals surface area contributed by atoms with Crippen LogP contribution in [-0.2, 0) is 22.1 Å². The lowest BCUT2D eigenvalue weighted by atomic mass is 9.97. The molecule has 1 saturated heterocycles. The molecule has 126 valence electrons. The van der Waals surface area contributed by atoms with Gasteiger partial charge in [-0.2, -0.15) is 0 Å². The van der Waals surface area contributed by atoms with E-state index in [1.54, 1.807) is 0 Å². The van der Waals surface area contributed by atoms with Gasteiger partial charge in [-0.15, -0.1) is 11.3 Å². The third-order valence-corrected chi connectivity index (χ3v) is 6.29. The third kappa shape index (κ3) is 5.01. The molecule has 0 aromatic carbocycles. The molecule has 22 heavy (non-hydrogen) atoms. The Kier molecular flexibility index (Phi) is 5.99. The zero-order valence-electron chi connectivity index (χ0n) is 13.9. The van der Waals surface area contributed by atoms with Crippen molar-refractivity contribution in [2.75, 3.05) is 26.4 Å². The van der Waals surface area contributed by atoms with Gasteiger partial charge in [0.15, 0.2) is 9.84 Å². The first-order valence-electron chi connectivity index (χ1n) is 7.83. The summed E-state index contributed by atoms with van der Waals surface area (Å²) in [6, 6.07) is 1.21. The number of sulfone groups is 1. The van der Waals surface area contributed by atoms with Crippen molar-refractivity contribution in [3.63, 3.8) is 0 Å². The average Bonchev–Trinajstić information content (AvgIpc) is 2.83. The highest BCUT2D eigenvalue weighted by atomic mass is 32.2. The molecule has 1 fully saturated rings. The smallest absolute Gasteiger partial charge is 0.153 e. The standard InChI is InChI=1S/C15H27N3O2S2/c1-5-18-7-6-14(8-12(18)2)17(3)9-13-10-21-15(16-13)11-22(4,19)20/h10,12,14H,5-9,11H2,1-4H3. The Morgan fingerprint density at radius 1 is 1.50 bits per heavy atom. The Bertz CT molecular complexity index is 585. The molecule has 5 nitrogen and oxygen atoms in total. The molecule has 0 aliphatic carbocycles. The normalized spacial score (nSPS) is 24.0. The van der Waals surface area contributed by atoms with Gasteiger partial charge in [-0.3, -0.25) is 4.90 Å². The van der Waals surface area contributed by atoms with Crippen LogP contribution in [0.5, 0.6) is 0 Å². The van der Waals surface area contributed by atoms with Crippen molar-refractivity contribution in [2.45, 2.75) is 51.1 Å². The van der Waals surface area contributed by atoms with Gasteiger partial charge in [-0.05, 0) is 39.9 Å². The van der Waals surface area contributed by atoms with E-state index in [1.807, 2.05) is 5.38 Å². The van der Waals surface area contributed by atoms with Crippen LogP contribution in [0.4, 0.5) is 0 Å². The van der Waals surface area contributed by atoms with Gasteiger partial charge in [0.25, 0.3) is 0 Å². The van der Waals surface area contributed by atoms with Crippen molar-refractivity contribution in [1.29, 1.82) is 0 Å². The minimum absolute atomic E-state index is 0.0489. The fourth-order valence-electron chi connectivity index (χ4n) is 3.16. The number of rotatable bonds is 6. The van der Waals surface area contributed by atoms with Crippen LogP contribution in [0.3, 0.4) is 0 Å². The Morgan fingerprint density at radius 2 is 2.23 bits per heavy atom. The summed E-state index contributed by atoms with van der Waals surface area (Å²) in [6.07, 6.45) is 3.63. The first kappa shape index (κ1) is 17.8. The van der Waals surface area contributed by atoms with Crippen molar-refractivity contribution in [2.24, 2.45) is 0 Å². The number of aromatic nitrogens is 1. The summed E-state index contributed by atoms with van der Waals surface area (Å²) in [5, 5.41) is 2.68. The highest BCUT2D eigenvalue weighted by Crippen LogP contribution is 2.22. The largest absolute Gasteiger partial charge is 0.301 e. The van der Waals surface area contributed by atoms with Gasteiger partial charge in [0, 0.05) is 30.3 Å². The minimum Gasteiger partial charge on any atom is -0.301 e. The second-order valence-electron chi connectivity index (χ2n) is 6.37. The van der Waals surface area contributed by atoms with Gasteiger partial charge in [0.2, 0.25) is 0 Å². The highest BCUT2D eigenvalue weighted by Gasteiger charge is 2.27. The SMILES string of the molecule is CCN1CCC(N(C)Cc2csc(CS(C)(=O)=O)n2)CC1C. The molecule has 0 spiro atoms. The first-order chi connectivity index (χ1) is 10.3. The molecular weight excluding hydrogens is 318 g/mol. The second-order valence-corrected chi connectivity index (χ2v) is 9.46. The topological polar surface area (TPSA) is 53.5 Å². The van der Waals surface area contributed by atoms with Crippen molar-refractivity contribution in [1.82, 2.24) is 14.8 Å². The molecule has 2 atom stereocenters. The van der Waals surface area contributed by atoms with Gasteiger partial charge in [0.05, 0.1) is 5.69 Å². The van der Waals surface area contributed by atoms with Crippen LogP contribution in [0.15, 0.2) is 5.38 Å². The predicted octanol–water partition coefficient (Wildman–Crippen LogP) is 1.99. The Morgan fingerprint density at radius 3 is 2.82 bits per heavy atom. The van der Waals surface area contributed by atoms with Crippen LogP contribution in [0.2, 0.25) is 0 Å². The summed E-state index contributed by atoms with van der Waals surface area (Å²) < 4.78 is 22.7. The molecule has 1 aliphatic rings. The summed E-state index contributed by atoms with van der Waals surface area (Å²) in [5.74, 6) is 0.0489. The molecule has 0 N–H and O–H groups in total. The summed E-state index contributed by atoms with van der Waals surface area (Å²) in [5.41, 5.74) is 0.983. The Labute approximate surface area is 138 Å². The molecule has 0 bridgehead atoms. The van der Waals surface area contributed by atoms with Crippen LogP contribution in [-0.4, -0.2) is 61.7 Å². The monoisotopic (exact) mass is 345 g/mol. The maximum atomic E-state index is 11.3. The fourth-order valence-corrected chi connectivity index (χ4v) is 5.16. The van der Waals surface area contributed by atoms with Crippen molar-refractivity contribution >= 4 is 21.2 Å². The zero-order valence-corrected chi connectivity index (χ0v) is 15.6. The number of hydrogen-bond donors (Lipinski definition) is 0. The summed E-state index contributed by atoms with van der Waals surface area (Å²) in [6.45, 7) is 7.60. The molecule has 1 aromatic rings. The van der Waals surface area contributed by atoms with Crippen LogP contribution >= 0.6 is 11.3 Å². The van der Waals surface area contributed by atoms with Crippen LogP contribution < -0.4 is 0 Å². The number of piperidine rings is 1. The molecule has 7 heteroatoms. The summed E-state index contributed by atoms with van der Waals surface area (Å²) in [7, 11) is -0.853. The lowest BCUT2D eigenvalue weighted by Gasteiger charge is -2.40. The second kappa shape index (κ2) is 7.38. The van der Waals surface area contributed by atoms with E-state index < -0.39 is 9.84 Å². The molecule has 0 amide bonds. The maximum Gasteiger partial charge on any atom is 0.153 e. The van der Waals surface area contributed by atoms with Gasteiger partial charge in [-0.25, -0.2) is 13.4 Å². The predicted molar refractivity (Wildman–Crippen MR) is 91.9 cm³/mol. The Hall–Kier alpha value is -0.500. The third-order valence-electron chi connectivity index (χ3n) is 4.41. The number of hydrogen-bond acceptors (Lipinski definition) is 6. The number of likely N-dealkylation sites (tertiary alicyclic amines) is 1. The Balaban J connectivity index is 1.91. The van der Waals surface area contributed by atoms with E-state index in [9.17, 15) is 8.42 Å². The van der Waals surface area contributed by atoms with Gasteiger partial charge < -0.3 is 4.90 Å². The van der Waals surface area contributed by atoms with Crippen LogP contribution in [0.1, 0.15) is 37.4 Å². The molecule has 1 aliphatic heterocycles. The molecular formula is C15H27N3O2S2. The van der Waals surface area contributed by atoms with E-state index >= 15 is 0 Å². The minimum atomic E-state index is -3.00. The lowest BCUT2D eigenvalue weighted by Crippen LogP contribution is -2.47. The van der Waals surface area contributed by atoms with Gasteiger partial charge in [0.1, 0.15) is 10.8 Å². The van der Waals surface area contributed by atoms with Crippen LogP contribution in [0, 0.1) is 0 Å². The summed E-state index contributed by atoms with van der Waals surface area (Å²) in [4.78, 5) is 9.36. The van der Waals surface area contributed by atoms with E-state index in [1.165, 1.54) is 30.4 Å². The van der Waals surface area contributed by atoms with E-state index in [2.05, 4.69) is 35.7 Å². The van der Waals surface area contributed by atoms with E-state index in [4.69, 9.17) is 0 Å². The zero-order chi connectivity index (χ0) is 16.3. The van der Waals surface area contributed by atoms with Gasteiger partial charge >= 0.3 is 0 Å². The lowest BCUT2D eigenvalue weighted by molar-refractivity contribution is 0.0858. The molecule has 0 saturated carbocycles. The summed E-state index contributed by atoms with van der Waals surface area (Å²) >= 11 is 1.44. The maximum absolute atomic E-state index is 11.3. The molecule has 1 aromatic heterocycles. The van der Waals surface area contributed by atoms with Gasteiger partial charge in [-0.1, -0.05) is 6.92 Å². The number of nitrogens with zero attached hydrogens (tertiary/aromatic N) is 3. The first-order valence-corrected chi connectivity index (χ1v) is 10.8. The van der Waals surface area contributed by atoms with Crippen LogP contribution in [0.25, 0.3) is 0 Å². The van der Waals surface area contributed by atoms with Crippen molar-refractivity contribution < 1.29 is 8.42 Å². The number of thiazole rings is 1. The fraction of sp³-hybridized carbons (Fsp3) is 0.800. The van der Waals surface area contributed by atoms with Crippen molar-refractivity contribution in [3.05, 3.63) is 16.1 Å². The van der Waals surface area contributed by atoms with E-state index in [-0.39, 0.29) is 5.75 Å². The quantitative estimate of drug-likeness (QED) is 0.789.